The molecular formula is C19H28O3. The summed E-state index contributed by atoms with van der Waals surface area (Å²) in [5, 5.41) is 0. The Bertz CT molecular complexity index is 426. The van der Waals surface area contributed by atoms with E-state index in [0.717, 1.165) is 44.1 Å². The Kier molecular flexibility index (Phi) is 10.0. The predicted molar refractivity (Wildman–Crippen MR) is 88.7 cm³/mol. The molecule has 0 aromatic heterocycles. The number of ketones is 1. The molecule has 122 valence electrons. The summed E-state index contributed by atoms with van der Waals surface area (Å²) in [6, 6.07) is 9.91. The van der Waals surface area contributed by atoms with E-state index < -0.39 is 0 Å². The maximum atomic E-state index is 11.8. The second-order valence-corrected chi connectivity index (χ2v) is 5.63. The minimum atomic E-state index is -0.0889. The van der Waals surface area contributed by atoms with Gasteiger partial charge in [-0.05, 0) is 25.3 Å². The van der Waals surface area contributed by atoms with Crippen LogP contribution in [0.25, 0.3) is 0 Å². The highest BCUT2D eigenvalue weighted by Crippen LogP contribution is 2.10. The second kappa shape index (κ2) is 12.0. The molecule has 1 aromatic carbocycles. The van der Waals surface area contributed by atoms with Gasteiger partial charge in [-0.15, -0.1) is 0 Å². The molecule has 1 aromatic rings. The van der Waals surface area contributed by atoms with Gasteiger partial charge in [0.15, 0.2) is 0 Å². The number of ether oxygens (including phenoxy) is 1. The van der Waals surface area contributed by atoms with E-state index in [0.29, 0.717) is 31.7 Å². The lowest BCUT2D eigenvalue weighted by atomic mass is 10.0. The van der Waals surface area contributed by atoms with Gasteiger partial charge in [-0.3, -0.25) is 9.59 Å². The van der Waals surface area contributed by atoms with E-state index in [-0.39, 0.29) is 5.97 Å². The normalized spacial score (nSPS) is 10.4. The monoisotopic (exact) mass is 304 g/mol. The van der Waals surface area contributed by atoms with Crippen molar-refractivity contribution in [2.45, 2.75) is 64.7 Å². The zero-order valence-electron chi connectivity index (χ0n) is 13.7. The first kappa shape index (κ1) is 18.4. The number of carbonyl (C=O) groups excluding carboxylic acids is 2. The summed E-state index contributed by atoms with van der Waals surface area (Å²) in [6.07, 6.45) is 8.08. The van der Waals surface area contributed by atoms with Crippen molar-refractivity contribution in [3.8, 4) is 0 Å². The lowest BCUT2D eigenvalue weighted by molar-refractivity contribution is -0.143. The summed E-state index contributed by atoms with van der Waals surface area (Å²) in [6.45, 7) is 2.30. The molecule has 0 saturated heterocycles. The number of hydrogen-bond donors (Lipinski definition) is 0. The molecule has 0 atom stereocenters. The van der Waals surface area contributed by atoms with Crippen LogP contribution in [0.3, 0.4) is 0 Å². The van der Waals surface area contributed by atoms with Gasteiger partial charge in [0.1, 0.15) is 5.78 Å². The van der Waals surface area contributed by atoms with Gasteiger partial charge in [0.05, 0.1) is 6.61 Å². The van der Waals surface area contributed by atoms with Crippen LogP contribution in [0, 0.1) is 0 Å². The molecule has 0 amide bonds. The summed E-state index contributed by atoms with van der Waals surface area (Å²) in [7, 11) is 0. The van der Waals surface area contributed by atoms with Gasteiger partial charge < -0.3 is 4.74 Å². The number of unbranched alkanes of at least 4 members (excludes halogenated alkanes) is 5. The second-order valence-electron chi connectivity index (χ2n) is 5.63. The minimum Gasteiger partial charge on any atom is -0.466 e. The molecule has 0 spiro atoms. The van der Waals surface area contributed by atoms with Gasteiger partial charge in [0, 0.05) is 19.3 Å². The molecule has 3 heteroatoms. The number of Topliss-reactive ketones (excluding diaryl/α,β-unsaturated/α-hetero) is 1. The molecular weight excluding hydrogens is 276 g/mol. The highest BCUT2D eigenvalue weighted by molar-refractivity contribution is 5.80. The Labute approximate surface area is 134 Å². The molecule has 0 heterocycles. The largest absolute Gasteiger partial charge is 0.466 e. The molecule has 1 rings (SSSR count). The fourth-order valence-corrected chi connectivity index (χ4v) is 2.44. The lowest BCUT2D eigenvalue weighted by Gasteiger charge is -2.03. The van der Waals surface area contributed by atoms with E-state index in [1.807, 2.05) is 37.3 Å². The number of esters is 1. The van der Waals surface area contributed by atoms with Crippen LogP contribution in [-0.4, -0.2) is 18.4 Å². The molecule has 0 bridgehead atoms. The smallest absolute Gasteiger partial charge is 0.305 e. The quantitative estimate of drug-likeness (QED) is 0.422. The maximum absolute atomic E-state index is 11.8. The van der Waals surface area contributed by atoms with Crippen LogP contribution in [0.5, 0.6) is 0 Å². The Morgan fingerprint density at radius 2 is 1.45 bits per heavy atom. The van der Waals surface area contributed by atoms with Crippen molar-refractivity contribution in [1.29, 1.82) is 0 Å². The van der Waals surface area contributed by atoms with Crippen molar-refractivity contribution in [3.63, 3.8) is 0 Å². The molecule has 0 saturated carbocycles. The van der Waals surface area contributed by atoms with E-state index in [9.17, 15) is 9.59 Å². The fraction of sp³-hybridized carbons (Fsp3) is 0.579. The van der Waals surface area contributed by atoms with Gasteiger partial charge in [-0.2, -0.15) is 0 Å². The average molecular weight is 304 g/mol. The van der Waals surface area contributed by atoms with Crippen LogP contribution in [0.1, 0.15) is 63.9 Å². The van der Waals surface area contributed by atoms with Crippen LogP contribution >= 0.6 is 0 Å². The zero-order chi connectivity index (χ0) is 16.0. The first-order chi connectivity index (χ1) is 10.7. The van der Waals surface area contributed by atoms with Crippen molar-refractivity contribution in [3.05, 3.63) is 35.9 Å². The van der Waals surface area contributed by atoms with Gasteiger partial charge >= 0.3 is 5.97 Å². The molecule has 0 aliphatic heterocycles. The molecule has 0 aliphatic carbocycles. The first-order valence-electron chi connectivity index (χ1n) is 8.43. The van der Waals surface area contributed by atoms with Crippen molar-refractivity contribution >= 4 is 11.8 Å². The lowest BCUT2D eigenvalue weighted by Crippen LogP contribution is -2.03. The summed E-state index contributed by atoms with van der Waals surface area (Å²) in [5.41, 5.74) is 1.10. The Balaban J connectivity index is 1.93. The zero-order valence-corrected chi connectivity index (χ0v) is 13.7. The first-order valence-corrected chi connectivity index (χ1v) is 8.43. The van der Waals surface area contributed by atoms with Gasteiger partial charge in [0.25, 0.3) is 0 Å². The molecule has 0 fully saturated rings. The Hall–Kier alpha value is -1.64. The van der Waals surface area contributed by atoms with Gasteiger partial charge in [-0.1, -0.05) is 56.0 Å². The number of benzene rings is 1. The van der Waals surface area contributed by atoms with Crippen LogP contribution in [0.2, 0.25) is 0 Å². The van der Waals surface area contributed by atoms with Crippen LogP contribution < -0.4 is 0 Å². The van der Waals surface area contributed by atoms with E-state index >= 15 is 0 Å². The average Bonchev–Trinajstić information content (AvgIpc) is 2.51. The van der Waals surface area contributed by atoms with Crippen molar-refractivity contribution in [2.75, 3.05) is 6.61 Å². The van der Waals surface area contributed by atoms with E-state index in [1.54, 1.807) is 0 Å². The number of rotatable bonds is 12. The summed E-state index contributed by atoms with van der Waals surface area (Å²) >= 11 is 0. The predicted octanol–water partition coefficient (Wildman–Crippen LogP) is 4.48. The van der Waals surface area contributed by atoms with Crippen molar-refractivity contribution < 1.29 is 14.3 Å². The molecule has 0 N–H and O–H groups in total. The highest BCUT2D eigenvalue weighted by Gasteiger charge is 2.04. The van der Waals surface area contributed by atoms with Crippen molar-refractivity contribution in [2.24, 2.45) is 0 Å². The Morgan fingerprint density at radius 3 is 2.09 bits per heavy atom. The third-order valence-electron chi connectivity index (χ3n) is 3.64. The third kappa shape index (κ3) is 9.32. The van der Waals surface area contributed by atoms with Crippen LogP contribution in [-0.2, 0) is 20.7 Å². The van der Waals surface area contributed by atoms with E-state index in [1.165, 1.54) is 0 Å². The highest BCUT2D eigenvalue weighted by atomic mass is 16.5. The molecule has 3 nitrogen and oxygen atoms in total. The van der Waals surface area contributed by atoms with Crippen LogP contribution in [0.4, 0.5) is 0 Å². The molecule has 0 unspecified atom stereocenters. The number of hydrogen-bond acceptors (Lipinski definition) is 3. The van der Waals surface area contributed by atoms with Gasteiger partial charge in [-0.25, -0.2) is 0 Å². The molecule has 0 aliphatic rings. The summed E-state index contributed by atoms with van der Waals surface area (Å²) in [4.78, 5) is 23.0. The standard InChI is InChI=1S/C19H28O3/c1-2-22-19(21)15-11-6-4-3-5-10-14-18(20)16-17-12-8-7-9-13-17/h7-9,12-13H,2-6,10-11,14-16H2,1H3. The molecule has 22 heavy (non-hydrogen) atoms. The summed E-state index contributed by atoms with van der Waals surface area (Å²) in [5.74, 6) is 0.238. The van der Waals surface area contributed by atoms with E-state index in [2.05, 4.69) is 0 Å². The van der Waals surface area contributed by atoms with Gasteiger partial charge in [0.2, 0.25) is 0 Å². The summed E-state index contributed by atoms with van der Waals surface area (Å²) < 4.78 is 4.89. The fourth-order valence-electron chi connectivity index (χ4n) is 2.44. The van der Waals surface area contributed by atoms with Crippen LogP contribution in [0.15, 0.2) is 30.3 Å². The van der Waals surface area contributed by atoms with E-state index in [4.69, 9.17) is 4.74 Å². The van der Waals surface area contributed by atoms with Crippen molar-refractivity contribution in [1.82, 2.24) is 0 Å². The minimum absolute atomic E-state index is 0.0889. The third-order valence-corrected chi connectivity index (χ3v) is 3.64. The SMILES string of the molecule is CCOC(=O)CCCCCCCCC(=O)Cc1ccccc1. The molecule has 0 radical (unpaired) electrons. The Morgan fingerprint density at radius 1 is 0.864 bits per heavy atom. The number of carbonyl (C=O) groups is 2. The maximum Gasteiger partial charge on any atom is 0.305 e. The topological polar surface area (TPSA) is 43.4 Å².